The Labute approximate surface area is 140 Å². The zero-order valence-corrected chi connectivity index (χ0v) is 13.9. The molecule has 0 aliphatic heterocycles. The standard InChI is InChI=1S/C17H23F3N2O2/c1-3-5-10-22(11-6-4-2)16(24)15(23)21-14-9-7-8-13(12-14)17(18,19)20/h7-9,12H,3-6,10-11H2,1-2H3,(H,21,23). The van der Waals surface area contributed by atoms with Crippen molar-refractivity contribution < 1.29 is 22.8 Å². The summed E-state index contributed by atoms with van der Waals surface area (Å²) < 4.78 is 38.0. The summed E-state index contributed by atoms with van der Waals surface area (Å²) in [7, 11) is 0. The first-order chi connectivity index (χ1) is 11.3. The number of benzene rings is 1. The third-order valence-electron chi connectivity index (χ3n) is 3.49. The number of hydrogen-bond acceptors (Lipinski definition) is 2. The summed E-state index contributed by atoms with van der Waals surface area (Å²) in [6, 6.07) is 4.23. The van der Waals surface area contributed by atoms with Crippen LogP contribution in [0.3, 0.4) is 0 Å². The fourth-order valence-corrected chi connectivity index (χ4v) is 2.11. The highest BCUT2D eigenvalue weighted by atomic mass is 19.4. The number of hydrogen-bond donors (Lipinski definition) is 1. The Balaban J connectivity index is 2.78. The van der Waals surface area contributed by atoms with Crippen LogP contribution in [0.5, 0.6) is 0 Å². The Morgan fingerprint density at radius 1 is 1.08 bits per heavy atom. The Hall–Kier alpha value is -2.05. The van der Waals surface area contributed by atoms with Crippen LogP contribution in [0.1, 0.15) is 45.1 Å². The van der Waals surface area contributed by atoms with Crippen molar-refractivity contribution in [2.45, 2.75) is 45.7 Å². The van der Waals surface area contributed by atoms with E-state index in [2.05, 4.69) is 5.32 Å². The maximum atomic E-state index is 12.7. The molecule has 0 radical (unpaired) electrons. The Kier molecular flexibility index (Phi) is 7.74. The maximum Gasteiger partial charge on any atom is 0.416 e. The van der Waals surface area contributed by atoms with Crippen LogP contribution < -0.4 is 5.32 Å². The number of nitrogens with one attached hydrogen (secondary N) is 1. The lowest BCUT2D eigenvalue weighted by Crippen LogP contribution is -2.40. The molecule has 7 heteroatoms. The number of amides is 2. The topological polar surface area (TPSA) is 49.4 Å². The second-order valence-electron chi connectivity index (χ2n) is 5.53. The molecule has 0 aromatic heterocycles. The number of anilines is 1. The predicted octanol–water partition coefficient (Wildman–Crippen LogP) is 4.07. The molecule has 2 amide bonds. The van der Waals surface area contributed by atoms with Gasteiger partial charge in [0, 0.05) is 18.8 Å². The largest absolute Gasteiger partial charge is 0.416 e. The first kappa shape index (κ1) is 20.0. The molecule has 0 saturated heterocycles. The lowest BCUT2D eigenvalue weighted by atomic mass is 10.2. The molecule has 1 aromatic carbocycles. The van der Waals surface area contributed by atoms with E-state index in [1.807, 2.05) is 13.8 Å². The Morgan fingerprint density at radius 2 is 1.67 bits per heavy atom. The van der Waals surface area contributed by atoms with E-state index in [1.54, 1.807) is 0 Å². The summed E-state index contributed by atoms with van der Waals surface area (Å²) in [5, 5.41) is 2.26. The molecular weight excluding hydrogens is 321 g/mol. The number of unbranched alkanes of at least 4 members (excludes halogenated alkanes) is 2. The van der Waals surface area contributed by atoms with Gasteiger partial charge in [0.1, 0.15) is 0 Å². The van der Waals surface area contributed by atoms with E-state index in [0.717, 1.165) is 37.8 Å². The molecule has 0 aliphatic carbocycles. The van der Waals surface area contributed by atoms with Gasteiger partial charge in [-0.1, -0.05) is 32.8 Å². The van der Waals surface area contributed by atoms with E-state index in [0.29, 0.717) is 13.1 Å². The van der Waals surface area contributed by atoms with Gasteiger partial charge in [0.2, 0.25) is 0 Å². The van der Waals surface area contributed by atoms with E-state index >= 15 is 0 Å². The zero-order chi connectivity index (χ0) is 18.2. The van der Waals surface area contributed by atoms with Crippen molar-refractivity contribution >= 4 is 17.5 Å². The average Bonchev–Trinajstić information content (AvgIpc) is 2.54. The quantitative estimate of drug-likeness (QED) is 0.758. The fraction of sp³-hybridized carbons (Fsp3) is 0.529. The molecule has 0 spiro atoms. The average molecular weight is 344 g/mol. The van der Waals surface area contributed by atoms with Gasteiger partial charge in [-0.15, -0.1) is 0 Å². The van der Waals surface area contributed by atoms with Gasteiger partial charge in [-0.3, -0.25) is 9.59 Å². The van der Waals surface area contributed by atoms with Gasteiger partial charge in [-0.2, -0.15) is 13.2 Å². The van der Waals surface area contributed by atoms with Crippen LogP contribution in [0.2, 0.25) is 0 Å². The molecule has 0 aliphatic rings. The summed E-state index contributed by atoms with van der Waals surface area (Å²) in [6.45, 7) is 4.88. The second kappa shape index (κ2) is 9.30. The summed E-state index contributed by atoms with van der Waals surface area (Å²) in [5.41, 5.74) is -0.921. The van der Waals surface area contributed by atoms with Crippen LogP contribution in [-0.4, -0.2) is 29.8 Å². The van der Waals surface area contributed by atoms with Gasteiger partial charge >= 0.3 is 18.0 Å². The number of halogens is 3. The third kappa shape index (κ3) is 6.22. The van der Waals surface area contributed by atoms with E-state index in [9.17, 15) is 22.8 Å². The third-order valence-corrected chi connectivity index (χ3v) is 3.49. The van der Waals surface area contributed by atoms with Gasteiger partial charge in [0.15, 0.2) is 0 Å². The van der Waals surface area contributed by atoms with Crippen molar-refractivity contribution in [3.63, 3.8) is 0 Å². The van der Waals surface area contributed by atoms with E-state index in [1.165, 1.54) is 17.0 Å². The van der Waals surface area contributed by atoms with Gasteiger partial charge in [0.25, 0.3) is 0 Å². The van der Waals surface area contributed by atoms with Crippen LogP contribution in [0, 0.1) is 0 Å². The monoisotopic (exact) mass is 344 g/mol. The van der Waals surface area contributed by atoms with Crippen molar-refractivity contribution in [3.8, 4) is 0 Å². The van der Waals surface area contributed by atoms with Gasteiger partial charge < -0.3 is 10.2 Å². The highest BCUT2D eigenvalue weighted by Crippen LogP contribution is 2.30. The van der Waals surface area contributed by atoms with E-state index in [4.69, 9.17) is 0 Å². The van der Waals surface area contributed by atoms with Crippen molar-refractivity contribution in [1.29, 1.82) is 0 Å². The smallest absolute Gasteiger partial charge is 0.334 e. The SMILES string of the molecule is CCCCN(CCCC)C(=O)C(=O)Nc1cccc(C(F)(F)F)c1. The highest BCUT2D eigenvalue weighted by molar-refractivity contribution is 6.39. The summed E-state index contributed by atoms with van der Waals surface area (Å²) in [6.07, 6.45) is -1.20. The summed E-state index contributed by atoms with van der Waals surface area (Å²) in [5.74, 6) is -1.63. The van der Waals surface area contributed by atoms with Gasteiger partial charge in [-0.05, 0) is 31.0 Å². The van der Waals surface area contributed by atoms with Crippen molar-refractivity contribution in [2.24, 2.45) is 0 Å². The predicted molar refractivity (Wildman–Crippen MR) is 86.5 cm³/mol. The number of nitrogens with zero attached hydrogens (tertiary/aromatic N) is 1. The molecule has 1 N–H and O–H groups in total. The molecule has 0 atom stereocenters. The zero-order valence-electron chi connectivity index (χ0n) is 13.9. The van der Waals surface area contributed by atoms with Crippen molar-refractivity contribution in [3.05, 3.63) is 29.8 Å². The minimum atomic E-state index is -4.50. The molecule has 4 nitrogen and oxygen atoms in total. The Morgan fingerprint density at radius 3 is 2.17 bits per heavy atom. The first-order valence-electron chi connectivity index (χ1n) is 8.07. The number of alkyl halides is 3. The number of carbonyl (C=O) groups excluding carboxylic acids is 2. The normalized spacial score (nSPS) is 11.2. The number of carbonyl (C=O) groups is 2. The minimum Gasteiger partial charge on any atom is -0.334 e. The molecule has 0 unspecified atom stereocenters. The molecule has 0 saturated carbocycles. The Bertz CT molecular complexity index is 551. The second-order valence-corrected chi connectivity index (χ2v) is 5.53. The lowest BCUT2D eigenvalue weighted by molar-refractivity contribution is -0.143. The van der Waals surface area contributed by atoms with E-state index in [-0.39, 0.29) is 5.69 Å². The van der Waals surface area contributed by atoms with E-state index < -0.39 is 23.6 Å². The number of rotatable bonds is 7. The van der Waals surface area contributed by atoms with Crippen LogP contribution in [0.15, 0.2) is 24.3 Å². The van der Waals surface area contributed by atoms with Crippen LogP contribution >= 0.6 is 0 Å². The molecule has 1 rings (SSSR count). The van der Waals surface area contributed by atoms with Crippen molar-refractivity contribution in [1.82, 2.24) is 4.90 Å². The molecular formula is C17H23F3N2O2. The molecule has 0 heterocycles. The van der Waals surface area contributed by atoms with Crippen LogP contribution in [0.4, 0.5) is 18.9 Å². The lowest BCUT2D eigenvalue weighted by Gasteiger charge is -2.21. The molecule has 1 aromatic rings. The maximum absolute atomic E-state index is 12.7. The summed E-state index contributed by atoms with van der Waals surface area (Å²) in [4.78, 5) is 25.7. The summed E-state index contributed by atoms with van der Waals surface area (Å²) >= 11 is 0. The van der Waals surface area contributed by atoms with Crippen LogP contribution in [0.25, 0.3) is 0 Å². The molecule has 0 bridgehead atoms. The highest BCUT2D eigenvalue weighted by Gasteiger charge is 2.30. The molecule has 0 fully saturated rings. The van der Waals surface area contributed by atoms with Crippen LogP contribution in [-0.2, 0) is 15.8 Å². The van der Waals surface area contributed by atoms with Crippen molar-refractivity contribution in [2.75, 3.05) is 18.4 Å². The minimum absolute atomic E-state index is 0.0471. The molecule has 134 valence electrons. The molecule has 24 heavy (non-hydrogen) atoms. The first-order valence-corrected chi connectivity index (χ1v) is 8.07. The van der Waals surface area contributed by atoms with Gasteiger partial charge in [-0.25, -0.2) is 0 Å². The fourth-order valence-electron chi connectivity index (χ4n) is 2.11. The van der Waals surface area contributed by atoms with Gasteiger partial charge in [0.05, 0.1) is 5.56 Å².